The lowest BCUT2D eigenvalue weighted by Gasteiger charge is -2.45. The van der Waals surface area contributed by atoms with Crippen LogP contribution in [0.4, 0.5) is 0 Å². The van der Waals surface area contributed by atoms with Crippen LogP contribution < -0.4 is 0 Å². The smallest absolute Gasteiger partial charge is 0.0650 e. The van der Waals surface area contributed by atoms with Crippen molar-refractivity contribution in [1.29, 1.82) is 0 Å². The molecule has 0 aromatic heterocycles. The molecule has 12 heavy (non-hydrogen) atoms. The Morgan fingerprint density at radius 1 is 1.25 bits per heavy atom. The van der Waals surface area contributed by atoms with Crippen LogP contribution in [0.2, 0.25) is 0 Å². The Morgan fingerprint density at radius 2 is 1.92 bits per heavy atom. The molecule has 72 valence electrons. The molecule has 1 aliphatic rings. The number of hydrogen-bond donors (Lipinski definition) is 0. The van der Waals surface area contributed by atoms with Crippen LogP contribution in [0.15, 0.2) is 0 Å². The van der Waals surface area contributed by atoms with Crippen molar-refractivity contribution in [2.75, 3.05) is 26.3 Å². The molecule has 0 saturated carbocycles. The highest BCUT2D eigenvalue weighted by atomic mass is 16.5. The molecule has 0 N–H and O–H groups in total. The minimum atomic E-state index is 0.340. The number of rotatable bonds is 3. The van der Waals surface area contributed by atoms with Crippen molar-refractivity contribution < 1.29 is 4.74 Å². The Hall–Kier alpha value is -0.0800. The van der Waals surface area contributed by atoms with Gasteiger partial charge in [-0.15, -0.1) is 0 Å². The first-order chi connectivity index (χ1) is 5.79. The molecule has 0 bridgehead atoms. The van der Waals surface area contributed by atoms with Crippen molar-refractivity contribution in [2.45, 2.75) is 39.2 Å². The Bertz CT molecular complexity index is 132. The van der Waals surface area contributed by atoms with Gasteiger partial charge in [-0.1, -0.05) is 20.8 Å². The van der Waals surface area contributed by atoms with Crippen LogP contribution in [0.25, 0.3) is 0 Å². The normalized spacial score (nSPS) is 24.2. The van der Waals surface area contributed by atoms with Crippen LogP contribution in [0.5, 0.6) is 0 Å². The minimum absolute atomic E-state index is 0.340. The molecule has 2 heteroatoms. The monoisotopic (exact) mass is 171 g/mol. The molecule has 0 radical (unpaired) electrons. The summed E-state index contributed by atoms with van der Waals surface area (Å²) in [4.78, 5) is 2.57. The SMILES string of the molecule is CCN1CCOCC1(CC)CC. The lowest BCUT2D eigenvalue weighted by molar-refractivity contribution is -0.0703. The number of hydrogen-bond acceptors (Lipinski definition) is 2. The molecule has 2 nitrogen and oxygen atoms in total. The summed E-state index contributed by atoms with van der Waals surface area (Å²) in [5.74, 6) is 0. The van der Waals surface area contributed by atoms with Crippen molar-refractivity contribution >= 4 is 0 Å². The molecule has 0 spiro atoms. The van der Waals surface area contributed by atoms with Crippen LogP contribution in [0.1, 0.15) is 33.6 Å². The van der Waals surface area contributed by atoms with Crippen LogP contribution in [0, 0.1) is 0 Å². The quantitative estimate of drug-likeness (QED) is 0.643. The van der Waals surface area contributed by atoms with E-state index in [0.29, 0.717) is 5.54 Å². The van der Waals surface area contributed by atoms with E-state index in [0.717, 1.165) is 26.3 Å². The zero-order valence-electron chi connectivity index (χ0n) is 8.60. The summed E-state index contributed by atoms with van der Waals surface area (Å²) in [5, 5.41) is 0. The lowest BCUT2D eigenvalue weighted by Crippen LogP contribution is -2.55. The first kappa shape index (κ1) is 10.0. The van der Waals surface area contributed by atoms with Crippen LogP contribution in [0.3, 0.4) is 0 Å². The highest BCUT2D eigenvalue weighted by Gasteiger charge is 2.35. The van der Waals surface area contributed by atoms with Crippen molar-refractivity contribution in [3.63, 3.8) is 0 Å². The van der Waals surface area contributed by atoms with Crippen LogP contribution >= 0.6 is 0 Å². The van der Waals surface area contributed by atoms with E-state index < -0.39 is 0 Å². The van der Waals surface area contributed by atoms with Crippen molar-refractivity contribution in [1.82, 2.24) is 4.90 Å². The second kappa shape index (κ2) is 4.24. The fraction of sp³-hybridized carbons (Fsp3) is 1.00. The molecule has 0 aromatic rings. The Balaban J connectivity index is 2.66. The summed E-state index contributed by atoms with van der Waals surface area (Å²) < 4.78 is 5.56. The molecule has 1 saturated heterocycles. The van der Waals surface area contributed by atoms with Gasteiger partial charge in [0.1, 0.15) is 0 Å². The standard InChI is InChI=1S/C10H21NO/c1-4-10(5-2)9-12-8-7-11(10)6-3/h4-9H2,1-3H3. The van der Waals surface area contributed by atoms with Gasteiger partial charge in [-0.05, 0) is 19.4 Å². The first-order valence-corrected chi connectivity index (χ1v) is 5.12. The van der Waals surface area contributed by atoms with Crippen molar-refractivity contribution in [2.24, 2.45) is 0 Å². The third-order valence-corrected chi connectivity index (χ3v) is 3.25. The molecule has 1 fully saturated rings. The van der Waals surface area contributed by atoms with E-state index in [9.17, 15) is 0 Å². The summed E-state index contributed by atoms with van der Waals surface area (Å²) in [6.45, 7) is 10.9. The molecular weight excluding hydrogens is 150 g/mol. The second-order valence-electron chi connectivity index (χ2n) is 3.56. The zero-order chi connectivity index (χ0) is 9.03. The van der Waals surface area contributed by atoms with Gasteiger partial charge in [-0.2, -0.15) is 0 Å². The third-order valence-electron chi connectivity index (χ3n) is 3.25. The molecule has 1 aliphatic heterocycles. The Labute approximate surface area is 75.9 Å². The summed E-state index contributed by atoms with van der Waals surface area (Å²) in [5.41, 5.74) is 0.340. The molecule has 1 heterocycles. The van der Waals surface area contributed by atoms with Gasteiger partial charge >= 0.3 is 0 Å². The maximum absolute atomic E-state index is 5.56. The highest BCUT2D eigenvalue weighted by molar-refractivity contribution is 4.90. The van der Waals surface area contributed by atoms with Gasteiger partial charge < -0.3 is 4.74 Å². The Kier molecular flexibility index (Phi) is 3.53. The topological polar surface area (TPSA) is 12.5 Å². The third kappa shape index (κ3) is 1.64. The van der Waals surface area contributed by atoms with E-state index in [4.69, 9.17) is 4.74 Å². The van der Waals surface area contributed by atoms with Crippen molar-refractivity contribution in [3.8, 4) is 0 Å². The minimum Gasteiger partial charge on any atom is -0.378 e. The molecule has 0 unspecified atom stereocenters. The highest BCUT2D eigenvalue weighted by Crippen LogP contribution is 2.26. The summed E-state index contributed by atoms with van der Waals surface area (Å²) in [6.07, 6.45) is 2.41. The molecule has 0 atom stereocenters. The van der Waals surface area contributed by atoms with E-state index in [2.05, 4.69) is 25.7 Å². The molecule has 0 aliphatic carbocycles. The van der Waals surface area contributed by atoms with E-state index in [1.165, 1.54) is 12.8 Å². The van der Waals surface area contributed by atoms with E-state index in [-0.39, 0.29) is 0 Å². The van der Waals surface area contributed by atoms with Gasteiger partial charge in [0, 0.05) is 12.1 Å². The maximum Gasteiger partial charge on any atom is 0.0650 e. The van der Waals surface area contributed by atoms with Gasteiger partial charge in [0.25, 0.3) is 0 Å². The second-order valence-corrected chi connectivity index (χ2v) is 3.56. The summed E-state index contributed by atoms with van der Waals surface area (Å²) in [7, 11) is 0. The van der Waals surface area contributed by atoms with E-state index in [1.807, 2.05) is 0 Å². The predicted molar refractivity (Wildman–Crippen MR) is 51.4 cm³/mol. The van der Waals surface area contributed by atoms with E-state index in [1.54, 1.807) is 0 Å². The van der Waals surface area contributed by atoms with Crippen LogP contribution in [-0.4, -0.2) is 36.7 Å². The van der Waals surface area contributed by atoms with Gasteiger partial charge in [-0.25, -0.2) is 0 Å². The molecule has 0 aromatic carbocycles. The van der Waals surface area contributed by atoms with Crippen LogP contribution in [-0.2, 0) is 4.74 Å². The summed E-state index contributed by atoms with van der Waals surface area (Å²) in [6, 6.07) is 0. The Morgan fingerprint density at radius 3 is 2.33 bits per heavy atom. The molecule has 1 rings (SSSR count). The van der Waals surface area contributed by atoms with Gasteiger partial charge in [0.15, 0.2) is 0 Å². The molecule has 0 amide bonds. The number of nitrogens with zero attached hydrogens (tertiary/aromatic N) is 1. The lowest BCUT2D eigenvalue weighted by atomic mass is 9.90. The van der Waals surface area contributed by atoms with Gasteiger partial charge in [0.05, 0.1) is 13.2 Å². The fourth-order valence-corrected chi connectivity index (χ4v) is 2.16. The molecular formula is C10H21NO. The van der Waals surface area contributed by atoms with Gasteiger partial charge in [-0.3, -0.25) is 4.90 Å². The van der Waals surface area contributed by atoms with E-state index >= 15 is 0 Å². The van der Waals surface area contributed by atoms with Crippen molar-refractivity contribution in [3.05, 3.63) is 0 Å². The number of morpholine rings is 1. The van der Waals surface area contributed by atoms with Gasteiger partial charge in [0.2, 0.25) is 0 Å². The maximum atomic E-state index is 5.56. The fourth-order valence-electron chi connectivity index (χ4n) is 2.16. The zero-order valence-corrected chi connectivity index (χ0v) is 8.60. The largest absolute Gasteiger partial charge is 0.378 e. The first-order valence-electron chi connectivity index (χ1n) is 5.12. The predicted octanol–water partition coefficient (Wildman–Crippen LogP) is 1.90. The number of likely N-dealkylation sites (N-methyl/N-ethyl adjacent to an activating group) is 1. The average Bonchev–Trinajstić information content (AvgIpc) is 2.17. The average molecular weight is 171 g/mol. The summed E-state index contributed by atoms with van der Waals surface area (Å²) >= 11 is 0. The number of ether oxygens (including phenoxy) is 1.